The number of nitrogens with one attached hydrogen (secondary N) is 1. The van der Waals surface area contributed by atoms with Gasteiger partial charge in [-0.15, -0.1) is 0 Å². The van der Waals surface area contributed by atoms with Crippen molar-refractivity contribution in [1.82, 2.24) is 10.2 Å². The molecule has 4 rings (SSSR count). The number of aryl methyl sites for hydroxylation is 1. The second-order valence-electron chi connectivity index (χ2n) is 7.02. The van der Waals surface area contributed by atoms with E-state index in [1.165, 1.54) is 6.26 Å². The Kier molecular flexibility index (Phi) is 4.89. The molecule has 0 radical (unpaired) electrons. The van der Waals surface area contributed by atoms with Crippen molar-refractivity contribution in [3.8, 4) is 0 Å². The van der Waals surface area contributed by atoms with Crippen molar-refractivity contribution in [2.45, 2.75) is 32.4 Å². The Bertz CT molecular complexity index is 771. The Labute approximate surface area is 157 Å². The third-order valence-corrected chi connectivity index (χ3v) is 5.07. The highest BCUT2D eigenvalue weighted by Crippen LogP contribution is 2.32. The molecule has 3 aliphatic heterocycles. The molecular formula is C19H23N3O5. The van der Waals surface area contributed by atoms with E-state index in [1.54, 1.807) is 4.90 Å². The molecule has 1 aromatic rings. The van der Waals surface area contributed by atoms with Crippen LogP contribution in [0.25, 0.3) is 0 Å². The number of likely N-dealkylation sites (tertiary alicyclic amines) is 1. The molecule has 27 heavy (non-hydrogen) atoms. The van der Waals surface area contributed by atoms with Crippen LogP contribution in [0.4, 0.5) is 10.5 Å². The van der Waals surface area contributed by atoms with E-state index in [0.717, 1.165) is 42.7 Å². The molecule has 2 amide bonds. The van der Waals surface area contributed by atoms with Gasteiger partial charge in [0, 0.05) is 24.7 Å². The lowest BCUT2D eigenvalue weighted by Gasteiger charge is -2.40. The van der Waals surface area contributed by atoms with Crippen molar-refractivity contribution >= 4 is 17.7 Å². The van der Waals surface area contributed by atoms with Gasteiger partial charge in [0.1, 0.15) is 12.9 Å². The van der Waals surface area contributed by atoms with Gasteiger partial charge in [-0.05, 0) is 25.8 Å². The fourth-order valence-corrected chi connectivity index (χ4v) is 3.74. The van der Waals surface area contributed by atoms with E-state index in [1.807, 2.05) is 19.1 Å². The fourth-order valence-electron chi connectivity index (χ4n) is 3.74. The van der Waals surface area contributed by atoms with Gasteiger partial charge in [0.05, 0.1) is 12.2 Å². The van der Waals surface area contributed by atoms with Gasteiger partial charge in [-0.1, -0.05) is 17.7 Å². The van der Waals surface area contributed by atoms with Crippen LogP contribution in [0.1, 0.15) is 24.0 Å². The molecule has 144 valence electrons. The summed E-state index contributed by atoms with van der Waals surface area (Å²) in [5.41, 5.74) is 3.14. The Morgan fingerprint density at radius 3 is 2.81 bits per heavy atom. The summed E-state index contributed by atoms with van der Waals surface area (Å²) in [5, 5.41) is 2.67. The van der Waals surface area contributed by atoms with E-state index < -0.39 is 0 Å². The third kappa shape index (κ3) is 3.85. The number of hydrogen-bond acceptors (Lipinski definition) is 6. The highest BCUT2D eigenvalue weighted by Gasteiger charge is 2.34. The Hall–Kier alpha value is -2.74. The molecule has 0 saturated carbocycles. The molecule has 3 heterocycles. The van der Waals surface area contributed by atoms with Crippen molar-refractivity contribution in [2.24, 2.45) is 0 Å². The molecule has 0 aliphatic carbocycles. The number of anilines is 1. The van der Waals surface area contributed by atoms with Crippen molar-refractivity contribution < 1.29 is 23.8 Å². The lowest BCUT2D eigenvalue weighted by molar-refractivity contribution is -0.122. The lowest BCUT2D eigenvalue weighted by atomic mass is 10.00. The number of carbonyl (C=O) groups is 2. The number of hydrogen-bond donors (Lipinski definition) is 1. The molecule has 0 atom stereocenters. The van der Waals surface area contributed by atoms with Crippen LogP contribution in [0.15, 0.2) is 30.3 Å². The molecular weight excluding hydrogens is 350 g/mol. The molecule has 0 aromatic heterocycles. The first-order valence-electron chi connectivity index (χ1n) is 9.12. The van der Waals surface area contributed by atoms with Gasteiger partial charge in [0.25, 0.3) is 0 Å². The number of nitrogens with zero attached hydrogens (tertiary/aromatic N) is 2. The zero-order valence-electron chi connectivity index (χ0n) is 15.3. The SMILES string of the molecule is Cc1ccc2c(c1)COC(=O)N2C1CCN(CC(=O)NC2=COCO2)CC1. The van der Waals surface area contributed by atoms with Crippen molar-refractivity contribution in [3.63, 3.8) is 0 Å². The minimum atomic E-state index is -0.284. The predicted octanol–water partition coefficient (Wildman–Crippen LogP) is 1.84. The number of carbonyl (C=O) groups excluding carboxylic acids is 2. The maximum atomic E-state index is 12.4. The third-order valence-electron chi connectivity index (χ3n) is 5.07. The largest absolute Gasteiger partial charge is 0.459 e. The fraction of sp³-hybridized carbons (Fsp3) is 0.474. The van der Waals surface area contributed by atoms with E-state index in [2.05, 4.69) is 16.3 Å². The minimum Gasteiger partial charge on any atom is -0.459 e. The summed E-state index contributed by atoms with van der Waals surface area (Å²) < 4.78 is 15.4. The maximum absolute atomic E-state index is 12.4. The normalized spacial score (nSPS) is 20.3. The first-order chi connectivity index (χ1) is 13.1. The highest BCUT2D eigenvalue weighted by atomic mass is 16.7. The molecule has 1 fully saturated rings. The summed E-state index contributed by atoms with van der Waals surface area (Å²) in [4.78, 5) is 28.3. The van der Waals surface area contributed by atoms with Crippen LogP contribution in [-0.2, 0) is 25.6 Å². The Morgan fingerprint density at radius 2 is 2.07 bits per heavy atom. The van der Waals surface area contributed by atoms with Crippen LogP contribution < -0.4 is 10.2 Å². The summed E-state index contributed by atoms with van der Waals surface area (Å²) in [6.45, 7) is 4.25. The summed E-state index contributed by atoms with van der Waals surface area (Å²) >= 11 is 0. The lowest BCUT2D eigenvalue weighted by Crippen LogP contribution is -2.50. The number of fused-ring (bicyclic) bond motifs is 1. The zero-order chi connectivity index (χ0) is 18.8. The minimum absolute atomic E-state index is 0.0767. The van der Waals surface area contributed by atoms with Gasteiger partial charge >= 0.3 is 6.09 Å². The number of amides is 2. The summed E-state index contributed by atoms with van der Waals surface area (Å²) in [5.74, 6) is 0.209. The number of benzene rings is 1. The van der Waals surface area contributed by atoms with Gasteiger partial charge in [0.15, 0.2) is 0 Å². The highest BCUT2D eigenvalue weighted by molar-refractivity contribution is 5.91. The smallest absolute Gasteiger partial charge is 0.414 e. The average molecular weight is 373 g/mol. The Balaban J connectivity index is 1.35. The molecule has 3 aliphatic rings. The molecule has 0 unspecified atom stereocenters. The van der Waals surface area contributed by atoms with Crippen LogP contribution in [0, 0.1) is 6.92 Å². The van der Waals surface area contributed by atoms with Crippen molar-refractivity contribution in [1.29, 1.82) is 0 Å². The number of cyclic esters (lactones) is 1. The predicted molar refractivity (Wildman–Crippen MR) is 96.6 cm³/mol. The van der Waals surface area contributed by atoms with Crippen molar-refractivity contribution in [2.75, 3.05) is 31.3 Å². The van der Waals surface area contributed by atoms with E-state index in [9.17, 15) is 9.59 Å². The van der Waals surface area contributed by atoms with Crippen LogP contribution in [0.5, 0.6) is 0 Å². The van der Waals surface area contributed by atoms with Crippen LogP contribution in [0.2, 0.25) is 0 Å². The van der Waals surface area contributed by atoms with Gasteiger partial charge in [0.2, 0.25) is 18.6 Å². The van der Waals surface area contributed by atoms with E-state index in [-0.39, 0.29) is 31.4 Å². The first-order valence-corrected chi connectivity index (χ1v) is 9.12. The second kappa shape index (κ2) is 7.48. The molecule has 1 saturated heterocycles. The average Bonchev–Trinajstić information content (AvgIpc) is 3.15. The summed E-state index contributed by atoms with van der Waals surface area (Å²) in [7, 11) is 0. The summed E-state index contributed by atoms with van der Waals surface area (Å²) in [6.07, 6.45) is 2.69. The van der Waals surface area contributed by atoms with Crippen molar-refractivity contribution in [3.05, 3.63) is 41.5 Å². The summed E-state index contributed by atoms with van der Waals surface area (Å²) in [6, 6.07) is 6.17. The number of rotatable bonds is 4. The molecule has 1 N–H and O–H groups in total. The first kappa shape index (κ1) is 17.7. The van der Waals surface area contributed by atoms with Gasteiger partial charge in [-0.2, -0.15) is 0 Å². The number of piperidine rings is 1. The van der Waals surface area contributed by atoms with Gasteiger partial charge in [-0.3, -0.25) is 19.9 Å². The zero-order valence-corrected chi connectivity index (χ0v) is 15.3. The molecule has 0 spiro atoms. The molecule has 1 aromatic carbocycles. The molecule has 8 nitrogen and oxygen atoms in total. The monoisotopic (exact) mass is 373 g/mol. The van der Waals surface area contributed by atoms with E-state index >= 15 is 0 Å². The molecule has 8 heteroatoms. The Morgan fingerprint density at radius 1 is 1.26 bits per heavy atom. The van der Waals surface area contributed by atoms with Gasteiger partial charge in [-0.25, -0.2) is 4.79 Å². The van der Waals surface area contributed by atoms with E-state index in [4.69, 9.17) is 14.2 Å². The van der Waals surface area contributed by atoms with Gasteiger partial charge < -0.3 is 14.2 Å². The standard InChI is InChI=1S/C19H23N3O5/c1-13-2-3-16-14(8-13)10-26-19(24)22(16)15-4-6-21(7-5-15)9-17(23)20-18-11-25-12-27-18/h2-3,8,11,15H,4-7,9-10,12H2,1H3,(H,20,23). The van der Waals surface area contributed by atoms with Crippen LogP contribution in [0.3, 0.4) is 0 Å². The quantitative estimate of drug-likeness (QED) is 0.867. The second-order valence-corrected chi connectivity index (χ2v) is 7.02. The topological polar surface area (TPSA) is 80.3 Å². The van der Waals surface area contributed by atoms with Crippen LogP contribution in [-0.4, -0.2) is 49.4 Å². The number of ether oxygens (including phenoxy) is 3. The van der Waals surface area contributed by atoms with Crippen LogP contribution >= 0.6 is 0 Å². The van der Waals surface area contributed by atoms with E-state index in [0.29, 0.717) is 12.5 Å². The molecule has 0 bridgehead atoms. The maximum Gasteiger partial charge on any atom is 0.414 e.